The van der Waals surface area contributed by atoms with Gasteiger partial charge in [0.1, 0.15) is 0 Å². The van der Waals surface area contributed by atoms with Crippen LogP contribution in [0.2, 0.25) is 5.02 Å². The van der Waals surface area contributed by atoms with E-state index in [1.165, 1.54) is 5.56 Å². The van der Waals surface area contributed by atoms with E-state index >= 15 is 0 Å². The number of rotatable bonds is 5. The Balaban J connectivity index is 1.83. The number of hydrogen-bond acceptors (Lipinski definition) is 3. The summed E-state index contributed by atoms with van der Waals surface area (Å²) in [5.41, 5.74) is 1.38. The topological polar surface area (TPSA) is 24.5 Å². The summed E-state index contributed by atoms with van der Waals surface area (Å²) >= 11 is 9.46. The highest BCUT2D eigenvalue weighted by molar-refractivity contribution is 9.10. The number of hydrogen-bond donors (Lipinski definition) is 1. The zero-order chi connectivity index (χ0) is 14.6. The lowest BCUT2D eigenvalue weighted by atomic mass is 10.0. The summed E-state index contributed by atoms with van der Waals surface area (Å²) in [6, 6.07) is 6.05. The summed E-state index contributed by atoms with van der Waals surface area (Å²) in [6.45, 7) is 10.1. The molecular formula is C15H22BrClN2O. The van der Waals surface area contributed by atoms with Crippen molar-refractivity contribution in [2.75, 3.05) is 32.8 Å². The molecule has 1 fully saturated rings. The van der Waals surface area contributed by atoms with Gasteiger partial charge in [0.2, 0.25) is 0 Å². The van der Waals surface area contributed by atoms with Gasteiger partial charge in [0.05, 0.1) is 18.2 Å². The van der Waals surface area contributed by atoms with Crippen molar-refractivity contribution in [1.29, 1.82) is 0 Å². The van der Waals surface area contributed by atoms with Crippen LogP contribution in [-0.4, -0.2) is 43.3 Å². The maximum atomic E-state index is 6.00. The SMILES string of the molecule is CC(C)(CNCc1ccc(Cl)c(Br)c1)N1CCOCC1. The molecule has 0 aliphatic carbocycles. The predicted molar refractivity (Wildman–Crippen MR) is 87.3 cm³/mol. The number of halogens is 2. The molecule has 20 heavy (non-hydrogen) atoms. The summed E-state index contributed by atoms with van der Waals surface area (Å²) in [4.78, 5) is 2.49. The molecule has 0 radical (unpaired) electrons. The van der Waals surface area contributed by atoms with E-state index in [1.807, 2.05) is 6.07 Å². The molecule has 1 N–H and O–H groups in total. The second kappa shape index (κ2) is 7.23. The monoisotopic (exact) mass is 360 g/mol. The zero-order valence-corrected chi connectivity index (χ0v) is 14.4. The number of benzene rings is 1. The molecule has 0 bridgehead atoms. The van der Waals surface area contributed by atoms with Gasteiger partial charge in [-0.05, 0) is 47.5 Å². The highest BCUT2D eigenvalue weighted by atomic mass is 79.9. The lowest BCUT2D eigenvalue weighted by Gasteiger charge is -2.41. The predicted octanol–water partition coefficient (Wildman–Crippen LogP) is 3.30. The fourth-order valence-corrected chi connectivity index (χ4v) is 2.99. The van der Waals surface area contributed by atoms with E-state index in [-0.39, 0.29) is 5.54 Å². The molecule has 112 valence electrons. The van der Waals surface area contributed by atoms with Gasteiger partial charge >= 0.3 is 0 Å². The number of nitrogens with zero attached hydrogens (tertiary/aromatic N) is 1. The standard InChI is InChI=1S/C15H22BrClN2O/c1-15(2,19-5-7-20-8-6-19)11-18-10-12-3-4-14(17)13(16)9-12/h3-4,9,18H,5-8,10-11H2,1-2H3. The second-order valence-electron chi connectivity index (χ2n) is 5.76. The Morgan fingerprint density at radius 3 is 2.70 bits per heavy atom. The largest absolute Gasteiger partial charge is 0.379 e. The average molecular weight is 362 g/mol. The molecule has 1 aromatic rings. The van der Waals surface area contributed by atoms with Gasteiger partial charge in [-0.2, -0.15) is 0 Å². The summed E-state index contributed by atoms with van der Waals surface area (Å²) in [5.74, 6) is 0. The Morgan fingerprint density at radius 1 is 1.35 bits per heavy atom. The molecule has 1 aliphatic rings. The molecule has 0 atom stereocenters. The van der Waals surface area contributed by atoms with Crippen molar-refractivity contribution in [3.8, 4) is 0 Å². The normalized spacial score (nSPS) is 17.4. The highest BCUT2D eigenvalue weighted by Gasteiger charge is 2.27. The minimum Gasteiger partial charge on any atom is -0.379 e. The minimum atomic E-state index is 0.146. The first kappa shape index (κ1) is 16.2. The maximum Gasteiger partial charge on any atom is 0.0594 e. The molecule has 0 aromatic heterocycles. The van der Waals surface area contributed by atoms with Crippen LogP contribution in [0.3, 0.4) is 0 Å². The van der Waals surface area contributed by atoms with Crippen LogP contribution >= 0.6 is 27.5 Å². The first-order valence-electron chi connectivity index (χ1n) is 6.96. The Hall–Kier alpha value is -0.130. The van der Waals surface area contributed by atoms with Gasteiger partial charge in [0.25, 0.3) is 0 Å². The van der Waals surface area contributed by atoms with Crippen molar-refractivity contribution in [3.05, 3.63) is 33.3 Å². The van der Waals surface area contributed by atoms with E-state index in [4.69, 9.17) is 16.3 Å². The smallest absolute Gasteiger partial charge is 0.0594 e. The summed E-state index contributed by atoms with van der Waals surface area (Å²) in [5, 5.41) is 4.29. The van der Waals surface area contributed by atoms with Crippen LogP contribution in [0.5, 0.6) is 0 Å². The average Bonchev–Trinajstić information content (AvgIpc) is 2.44. The van der Waals surface area contributed by atoms with E-state index in [1.54, 1.807) is 0 Å². The van der Waals surface area contributed by atoms with Crippen molar-refractivity contribution in [3.63, 3.8) is 0 Å². The van der Waals surface area contributed by atoms with Gasteiger partial charge in [-0.15, -0.1) is 0 Å². The minimum absolute atomic E-state index is 0.146. The molecule has 0 unspecified atom stereocenters. The van der Waals surface area contributed by atoms with Crippen LogP contribution in [0.4, 0.5) is 0 Å². The quantitative estimate of drug-likeness (QED) is 0.871. The Morgan fingerprint density at radius 2 is 2.05 bits per heavy atom. The highest BCUT2D eigenvalue weighted by Crippen LogP contribution is 2.23. The molecular weight excluding hydrogens is 340 g/mol. The number of nitrogens with one attached hydrogen (secondary N) is 1. The van der Waals surface area contributed by atoms with Gasteiger partial charge in [-0.1, -0.05) is 17.7 Å². The summed E-state index contributed by atoms with van der Waals surface area (Å²) in [7, 11) is 0. The first-order chi connectivity index (χ1) is 9.49. The molecule has 0 spiro atoms. The van der Waals surface area contributed by atoms with Gasteiger partial charge in [-0.25, -0.2) is 0 Å². The number of ether oxygens (including phenoxy) is 1. The third kappa shape index (κ3) is 4.43. The van der Waals surface area contributed by atoms with E-state index in [0.717, 1.165) is 48.9 Å². The number of morpholine rings is 1. The van der Waals surface area contributed by atoms with Gasteiger partial charge in [0, 0.05) is 36.2 Å². The van der Waals surface area contributed by atoms with Crippen LogP contribution in [0.25, 0.3) is 0 Å². The van der Waals surface area contributed by atoms with Crippen molar-refractivity contribution >= 4 is 27.5 Å². The molecule has 1 aromatic carbocycles. The molecule has 1 heterocycles. The van der Waals surface area contributed by atoms with E-state index in [0.29, 0.717) is 0 Å². The van der Waals surface area contributed by atoms with Crippen LogP contribution in [0, 0.1) is 0 Å². The molecule has 1 saturated heterocycles. The first-order valence-corrected chi connectivity index (χ1v) is 8.13. The third-order valence-corrected chi connectivity index (χ3v) is 4.95. The van der Waals surface area contributed by atoms with Crippen LogP contribution in [-0.2, 0) is 11.3 Å². The zero-order valence-electron chi connectivity index (χ0n) is 12.1. The van der Waals surface area contributed by atoms with Crippen LogP contribution in [0.15, 0.2) is 22.7 Å². The third-order valence-electron chi connectivity index (χ3n) is 3.74. The van der Waals surface area contributed by atoms with E-state index < -0.39 is 0 Å². The Labute approximate surface area is 134 Å². The Kier molecular flexibility index (Phi) is 5.87. The lowest BCUT2D eigenvalue weighted by molar-refractivity contribution is -0.00966. The van der Waals surface area contributed by atoms with Crippen molar-refractivity contribution in [2.45, 2.75) is 25.9 Å². The van der Waals surface area contributed by atoms with Gasteiger partial charge in [-0.3, -0.25) is 4.90 Å². The molecule has 0 amide bonds. The van der Waals surface area contributed by atoms with Gasteiger partial charge < -0.3 is 10.1 Å². The van der Waals surface area contributed by atoms with Crippen LogP contribution in [0.1, 0.15) is 19.4 Å². The van der Waals surface area contributed by atoms with Gasteiger partial charge in [0.15, 0.2) is 0 Å². The second-order valence-corrected chi connectivity index (χ2v) is 7.03. The van der Waals surface area contributed by atoms with Crippen molar-refractivity contribution in [1.82, 2.24) is 10.2 Å². The van der Waals surface area contributed by atoms with E-state index in [2.05, 4.69) is 52.1 Å². The summed E-state index contributed by atoms with van der Waals surface area (Å²) in [6.07, 6.45) is 0. The lowest BCUT2D eigenvalue weighted by Crippen LogP contribution is -2.54. The fraction of sp³-hybridized carbons (Fsp3) is 0.600. The van der Waals surface area contributed by atoms with E-state index in [9.17, 15) is 0 Å². The molecule has 1 aliphatic heterocycles. The molecule has 3 nitrogen and oxygen atoms in total. The van der Waals surface area contributed by atoms with Crippen LogP contribution < -0.4 is 5.32 Å². The molecule has 2 rings (SSSR count). The fourth-order valence-electron chi connectivity index (χ4n) is 2.44. The Bertz CT molecular complexity index is 447. The van der Waals surface area contributed by atoms with Crippen molar-refractivity contribution < 1.29 is 4.74 Å². The van der Waals surface area contributed by atoms with Crippen molar-refractivity contribution in [2.24, 2.45) is 0 Å². The molecule has 0 saturated carbocycles. The maximum absolute atomic E-state index is 6.00. The summed E-state index contributed by atoms with van der Waals surface area (Å²) < 4.78 is 6.36. The molecule has 5 heteroatoms.